The Kier molecular flexibility index (Phi) is 6.75. The predicted octanol–water partition coefficient (Wildman–Crippen LogP) is 2.52. The number of hydrogen-bond donors (Lipinski definition) is 2. The molecule has 1 aliphatic heterocycles. The fraction of sp³-hybridized carbons (Fsp3) is 0.217. The Morgan fingerprint density at radius 3 is 2.67 bits per heavy atom. The van der Waals surface area contributed by atoms with E-state index in [1.165, 1.54) is 13.0 Å². The summed E-state index contributed by atoms with van der Waals surface area (Å²) >= 11 is 0. The van der Waals surface area contributed by atoms with E-state index in [2.05, 4.69) is 10.6 Å². The Morgan fingerprint density at radius 1 is 1.13 bits per heavy atom. The first-order valence-corrected chi connectivity index (χ1v) is 9.58. The number of carbonyl (C=O) groups is 4. The number of rotatable bonds is 7. The third-order valence-corrected chi connectivity index (χ3v) is 4.61. The second-order valence-electron chi connectivity index (χ2n) is 6.93. The van der Waals surface area contributed by atoms with Crippen LogP contribution in [0.1, 0.15) is 34.8 Å². The van der Waals surface area contributed by atoms with Crippen molar-refractivity contribution < 1.29 is 23.9 Å². The van der Waals surface area contributed by atoms with Crippen LogP contribution in [0.2, 0.25) is 0 Å². The minimum Gasteiger partial charge on any atom is -0.456 e. The van der Waals surface area contributed by atoms with Gasteiger partial charge in [0, 0.05) is 23.7 Å². The third kappa shape index (κ3) is 5.64. The van der Waals surface area contributed by atoms with Gasteiger partial charge in [-0.2, -0.15) is 0 Å². The smallest absolute Gasteiger partial charge is 0.328 e. The number of fused-ring (bicyclic) bond motifs is 1. The molecule has 2 N–H and O–H groups in total. The lowest BCUT2D eigenvalue weighted by atomic mass is 9.99. The fourth-order valence-corrected chi connectivity index (χ4v) is 2.96. The average molecular weight is 406 g/mol. The minimum absolute atomic E-state index is 0.0508. The van der Waals surface area contributed by atoms with Crippen LogP contribution in [0.4, 0.5) is 5.69 Å². The number of benzene rings is 2. The van der Waals surface area contributed by atoms with Gasteiger partial charge in [-0.25, -0.2) is 4.79 Å². The van der Waals surface area contributed by atoms with E-state index < -0.39 is 24.5 Å². The van der Waals surface area contributed by atoms with Crippen molar-refractivity contribution in [2.24, 2.45) is 0 Å². The quantitative estimate of drug-likeness (QED) is 0.418. The van der Waals surface area contributed by atoms with Crippen LogP contribution in [0, 0.1) is 0 Å². The first kappa shape index (κ1) is 21.0. The molecular formula is C23H22N2O5. The summed E-state index contributed by atoms with van der Waals surface area (Å²) in [6.45, 7) is 1.06. The molecule has 1 aliphatic rings. The maximum absolute atomic E-state index is 12.3. The lowest BCUT2D eigenvalue weighted by Gasteiger charge is -2.17. The second-order valence-corrected chi connectivity index (χ2v) is 6.93. The first-order chi connectivity index (χ1) is 14.4. The van der Waals surface area contributed by atoms with Crippen LogP contribution in [0.25, 0.3) is 6.08 Å². The van der Waals surface area contributed by atoms with Crippen molar-refractivity contribution in [3.63, 3.8) is 0 Å². The second kappa shape index (κ2) is 9.65. The molecule has 0 aliphatic carbocycles. The van der Waals surface area contributed by atoms with Crippen LogP contribution < -0.4 is 10.6 Å². The van der Waals surface area contributed by atoms with E-state index in [0.717, 1.165) is 11.1 Å². The number of esters is 1. The highest BCUT2D eigenvalue weighted by atomic mass is 16.5. The first-order valence-electron chi connectivity index (χ1n) is 9.58. The van der Waals surface area contributed by atoms with Gasteiger partial charge >= 0.3 is 5.97 Å². The lowest BCUT2D eigenvalue weighted by molar-refractivity contribution is -0.145. The summed E-state index contributed by atoms with van der Waals surface area (Å²) in [5, 5.41) is 5.26. The fourth-order valence-electron chi connectivity index (χ4n) is 2.96. The third-order valence-electron chi connectivity index (χ3n) is 4.61. The number of carbonyl (C=O) groups excluding carboxylic acids is 4. The number of ketones is 1. The van der Waals surface area contributed by atoms with Gasteiger partial charge in [-0.3, -0.25) is 14.4 Å². The van der Waals surface area contributed by atoms with E-state index in [1.807, 2.05) is 30.3 Å². The van der Waals surface area contributed by atoms with Crippen molar-refractivity contribution in [2.75, 3.05) is 11.9 Å². The summed E-state index contributed by atoms with van der Waals surface area (Å²) in [7, 11) is 0. The molecule has 7 nitrogen and oxygen atoms in total. The van der Waals surface area contributed by atoms with Gasteiger partial charge in [0.1, 0.15) is 6.04 Å². The van der Waals surface area contributed by atoms with E-state index in [0.29, 0.717) is 24.1 Å². The normalized spacial score (nSPS) is 13.8. The molecule has 2 amide bonds. The summed E-state index contributed by atoms with van der Waals surface area (Å²) < 4.78 is 5.05. The maximum Gasteiger partial charge on any atom is 0.328 e. The highest BCUT2D eigenvalue weighted by Crippen LogP contribution is 2.23. The topological polar surface area (TPSA) is 102 Å². The molecular weight excluding hydrogens is 384 g/mol. The van der Waals surface area contributed by atoms with E-state index >= 15 is 0 Å². The molecule has 0 saturated heterocycles. The maximum atomic E-state index is 12.3. The van der Waals surface area contributed by atoms with E-state index in [9.17, 15) is 19.2 Å². The van der Waals surface area contributed by atoms with Crippen LogP contribution >= 0.6 is 0 Å². The Morgan fingerprint density at radius 2 is 1.90 bits per heavy atom. The molecule has 0 bridgehead atoms. The van der Waals surface area contributed by atoms with Crippen molar-refractivity contribution >= 4 is 35.3 Å². The van der Waals surface area contributed by atoms with Crippen LogP contribution in [-0.2, 0) is 25.5 Å². The number of anilines is 1. The van der Waals surface area contributed by atoms with Crippen molar-refractivity contribution in [1.82, 2.24) is 5.32 Å². The summed E-state index contributed by atoms with van der Waals surface area (Å²) in [5.41, 5.74) is 2.83. The highest BCUT2D eigenvalue weighted by molar-refractivity contribution is 6.00. The number of amides is 2. The van der Waals surface area contributed by atoms with Crippen LogP contribution in [0.5, 0.6) is 0 Å². The van der Waals surface area contributed by atoms with E-state index in [-0.39, 0.29) is 11.7 Å². The Bertz CT molecular complexity index is 998. The summed E-state index contributed by atoms with van der Waals surface area (Å²) in [6, 6.07) is 13.3. The number of nitrogens with one attached hydrogen (secondary N) is 2. The predicted molar refractivity (Wildman–Crippen MR) is 112 cm³/mol. The Labute approximate surface area is 174 Å². The van der Waals surface area contributed by atoms with Crippen molar-refractivity contribution in [2.45, 2.75) is 25.8 Å². The molecule has 0 unspecified atom stereocenters. The van der Waals surface area contributed by atoms with Gasteiger partial charge in [-0.1, -0.05) is 30.3 Å². The number of aryl methyl sites for hydroxylation is 1. The van der Waals surface area contributed by atoms with Gasteiger partial charge < -0.3 is 15.4 Å². The Balaban J connectivity index is 1.48. The zero-order valence-electron chi connectivity index (χ0n) is 16.5. The van der Waals surface area contributed by atoms with E-state index in [1.54, 1.807) is 24.3 Å². The monoisotopic (exact) mass is 406 g/mol. The minimum atomic E-state index is -0.899. The number of ether oxygens (including phenoxy) is 1. The molecule has 1 atom stereocenters. The van der Waals surface area contributed by atoms with Gasteiger partial charge in [-0.05, 0) is 48.7 Å². The number of hydrogen-bond acceptors (Lipinski definition) is 5. The van der Waals surface area contributed by atoms with Crippen LogP contribution in [-0.4, -0.2) is 36.2 Å². The van der Waals surface area contributed by atoms with Crippen LogP contribution in [0.3, 0.4) is 0 Å². The van der Waals surface area contributed by atoms with Gasteiger partial charge in [0.25, 0.3) is 0 Å². The standard InChI is InChI=1S/C23H22N2O5/c1-15(24-21(27)11-7-16-5-3-2-4-6-16)23(29)30-14-20(26)18-8-10-19-17(13-18)9-12-22(28)25-19/h2-8,10-11,13,15H,9,12,14H2,1H3,(H,24,27)(H,25,28)/b11-7+/t15-/m0/s1. The summed E-state index contributed by atoms with van der Waals surface area (Å²) in [4.78, 5) is 47.8. The Hall–Kier alpha value is -3.74. The molecule has 0 aromatic heterocycles. The van der Waals surface area contributed by atoms with E-state index in [4.69, 9.17) is 4.74 Å². The zero-order valence-corrected chi connectivity index (χ0v) is 16.5. The van der Waals surface area contributed by atoms with Crippen molar-refractivity contribution in [1.29, 1.82) is 0 Å². The van der Waals surface area contributed by atoms with Crippen LogP contribution in [0.15, 0.2) is 54.6 Å². The molecule has 2 aromatic rings. The molecule has 0 radical (unpaired) electrons. The largest absolute Gasteiger partial charge is 0.456 e. The molecule has 0 saturated carbocycles. The van der Waals surface area contributed by atoms with Gasteiger partial charge in [0.2, 0.25) is 11.8 Å². The van der Waals surface area contributed by atoms with Crippen molar-refractivity contribution in [3.05, 3.63) is 71.3 Å². The lowest BCUT2D eigenvalue weighted by Crippen LogP contribution is -2.39. The summed E-state index contributed by atoms with van der Waals surface area (Å²) in [5.74, 6) is -1.54. The molecule has 154 valence electrons. The molecule has 0 spiro atoms. The number of Topliss-reactive ketones (excluding diaryl/α,β-unsaturated/α-hetero) is 1. The van der Waals surface area contributed by atoms with Crippen molar-refractivity contribution in [3.8, 4) is 0 Å². The molecule has 30 heavy (non-hydrogen) atoms. The SMILES string of the molecule is C[C@H](NC(=O)/C=C/c1ccccc1)C(=O)OCC(=O)c1ccc2c(c1)CCC(=O)N2. The molecule has 0 fully saturated rings. The molecule has 2 aromatic carbocycles. The zero-order chi connectivity index (χ0) is 21.5. The summed E-state index contributed by atoms with van der Waals surface area (Å²) in [6.07, 6.45) is 3.89. The molecule has 1 heterocycles. The molecule has 3 rings (SSSR count). The molecule has 7 heteroatoms. The van der Waals surface area contributed by atoms with Gasteiger partial charge in [0.05, 0.1) is 0 Å². The highest BCUT2D eigenvalue weighted by Gasteiger charge is 2.20. The average Bonchev–Trinajstić information content (AvgIpc) is 2.76. The van der Waals surface area contributed by atoms with Gasteiger partial charge in [0.15, 0.2) is 12.4 Å². The van der Waals surface area contributed by atoms with Gasteiger partial charge in [-0.15, -0.1) is 0 Å².